The van der Waals surface area contributed by atoms with Gasteiger partial charge in [-0.2, -0.15) is 0 Å². The summed E-state index contributed by atoms with van der Waals surface area (Å²) >= 11 is 0. The molecular weight excluding hydrogens is 286 g/mol. The number of ether oxygens (including phenoxy) is 1. The van der Waals surface area contributed by atoms with Crippen molar-refractivity contribution in [2.24, 2.45) is 0 Å². The summed E-state index contributed by atoms with van der Waals surface area (Å²) in [5, 5.41) is 0. The molecule has 3 nitrogen and oxygen atoms in total. The highest BCUT2D eigenvalue weighted by Gasteiger charge is 2.49. The first kappa shape index (κ1) is 17.7. The topological polar surface area (TPSA) is 29.5 Å². The third-order valence-electron chi connectivity index (χ3n) is 4.01. The van der Waals surface area contributed by atoms with Gasteiger partial charge in [-0.25, -0.2) is 0 Å². The van der Waals surface area contributed by atoms with Crippen LogP contribution in [0, 0.1) is 0 Å². The zero-order chi connectivity index (χ0) is 14.6. The van der Waals surface area contributed by atoms with Crippen LogP contribution in [0.1, 0.15) is 25.3 Å². The van der Waals surface area contributed by atoms with Crippen molar-refractivity contribution in [3.63, 3.8) is 0 Å². The van der Waals surface area contributed by atoms with E-state index in [1.54, 1.807) is 0 Å². The number of carbonyl (C=O) groups excluding carboxylic acids is 1. The van der Waals surface area contributed by atoms with Crippen molar-refractivity contribution in [2.75, 3.05) is 20.7 Å². The van der Waals surface area contributed by atoms with Crippen LogP contribution in [0.2, 0.25) is 0 Å². The van der Waals surface area contributed by atoms with E-state index in [4.69, 9.17) is 4.74 Å². The van der Waals surface area contributed by atoms with Crippen LogP contribution in [0.15, 0.2) is 42.5 Å². The Morgan fingerprint density at radius 2 is 2.00 bits per heavy atom. The maximum atomic E-state index is 12.8. The van der Waals surface area contributed by atoms with Gasteiger partial charge in [-0.15, -0.1) is 12.4 Å². The molecule has 0 saturated carbocycles. The van der Waals surface area contributed by atoms with Gasteiger partial charge in [-0.1, -0.05) is 42.5 Å². The molecular formula is C17H24ClNO2. The minimum Gasteiger partial charge on any atom is -0.465 e. The summed E-state index contributed by atoms with van der Waals surface area (Å²) in [5.74, 6) is -0.116. The molecule has 1 aromatic rings. The van der Waals surface area contributed by atoms with Gasteiger partial charge in [-0.05, 0) is 39.4 Å². The second-order valence-electron chi connectivity index (χ2n) is 5.43. The molecule has 0 bridgehead atoms. The molecule has 0 unspecified atom stereocenters. The molecule has 2 rings (SSSR count). The quantitative estimate of drug-likeness (QED) is 0.632. The molecule has 1 aliphatic carbocycles. The fourth-order valence-corrected chi connectivity index (χ4v) is 3.11. The first-order chi connectivity index (χ1) is 9.63. The van der Waals surface area contributed by atoms with Crippen LogP contribution in [0.25, 0.3) is 0 Å². The molecule has 116 valence electrons. The van der Waals surface area contributed by atoms with Gasteiger partial charge in [-0.3, -0.25) is 4.79 Å². The van der Waals surface area contributed by atoms with E-state index >= 15 is 0 Å². The number of nitrogens with zero attached hydrogens (tertiary/aromatic N) is 1. The number of carbonyl (C=O) groups is 1. The Labute approximate surface area is 133 Å². The largest absolute Gasteiger partial charge is 0.465 e. The smallest absolute Gasteiger partial charge is 0.318 e. The van der Waals surface area contributed by atoms with Gasteiger partial charge in [0, 0.05) is 6.04 Å². The van der Waals surface area contributed by atoms with E-state index in [1.165, 1.54) is 0 Å². The maximum absolute atomic E-state index is 12.8. The van der Waals surface area contributed by atoms with Crippen molar-refractivity contribution in [3.8, 4) is 0 Å². The van der Waals surface area contributed by atoms with Crippen LogP contribution in [-0.2, 0) is 14.9 Å². The normalized spacial score (nSPS) is 24.5. The molecule has 0 aromatic heterocycles. The molecule has 1 aliphatic rings. The van der Waals surface area contributed by atoms with Crippen molar-refractivity contribution >= 4 is 18.4 Å². The summed E-state index contributed by atoms with van der Waals surface area (Å²) in [6, 6.07) is 10.0. The number of allylic oxidation sites excluding steroid dienone is 1. The fourth-order valence-electron chi connectivity index (χ4n) is 3.11. The maximum Gasteiger partial charge on any atom is 0.318 e. The Kier molecular flexibility index (Phi) is 6.43. The highest BCUT2D eigenvalue weighted by molar-refractivity contribution is 5.85. The van der Waals surface area contributed by atoms with E-state index in [9.17, 15) is 4.79 Å². The van der Waals surface area contributed by atoms with E-state index < -0.39 is 5.41 Å². The number of halogens is 1. The first-order valence-corrected chi connectivity index (χ1v) is 7.18. The first-order valence-electron chi connectivity index (χ1n) is 7.18. The van der Waals surface area contributed by atoms with Crippen LogP contribution in [0.3, 0.4) is 0 Å². The van der Waals surface area contributed by atoms with Crippen LogP contribution in [0.4, 0.5) is 0 Å². The van der Waals surface area contributed by atoms with Crippen molar-refractivity contribution in [3.05, 3.63) is 48.0 Å². The third-order valence-corrected chi connectivity index (χ3v) is 4.01. The van der Waals surface area contributed by atoms with Gasteiger partial charge in [0.25, 0.3) is 0 Å². The highest BCUT2D eigenvalue weighted by Crippen LogP contribution is 2.40. The predicted molar refractivity (Wildman–Crippen MR) is 87.9 cm³/mol. The van der Waals surface area contributed by atoms with E-state index in [-0.39, 0.29) is 24.4 Å². The Bertz CT molecular complexity index is 487. The predicted octanol–water partition coefficient (Wildman–Crippen LogP) is 3.19. The fraction of sp³-hybridized carbons (Fsp3) is 0.471. The van der Waals surface area contributed by atoms with Gasteiger partial charge in [0.15, 0.2) is 0 Å². The SMILES string of the molecule is CCOC(=O)[C@]1(c2ccccc2)CCC=C[C@@H]1N(C)C.Cl. The number of benzene rings is 1. The van der Waals surface area contributed by atoms with Crippen LogP contribution in [0.5, 0.6) is 0 Å². The minimum absolute atomic E-state index is 0. The molecule has 0 radical (unpaired) electrons. The zero-order valence-corrected chi connectivity index (χ0v) is 13.7. The second kappa shape index (κ2) is 7.62. The van der Waals surface area contributed by atoms with E-state index in [2.05, 4.69) is 17.1 Å². The Hall–Kier alpha value is -1.32. The van der Waals surface area contributed by atoms with Gasteiger partial charge >= 0.3 is 5.97 Å². The molecule has 21 heavy (non-hydrogen) atoms. The van der Waals surface area contributed by atoms with Crippen LogP contribution in [-0.4, -0.2) is 37.6 Å². The Morgan fingerprint density at radius 1 is 1.33 bits per heavy atom. The highest BCUT2D eigenvalue weighted by atomic mass is 35.5. The molecule has 0 heterocycles. The van der Waals surface area contributed by atoms with Crippen molar-refractivity contribution in [1.29, 1.82) is 0 Å². The summed E-state index contributed by atoms with van der Waals surface area (Å²) in [5.41, 5.74) is 0.441. The summed E-state index contributed by atoms with van der Waals surface area (Å²) in [4.78, 5) is 14.8. The number of hydrogen-bond donors (Lipinski definition) is 0. The zero-order valence-electron chi connectivity index (χ0n) is 12.9. The van der Waals surface area contributed by atoms with Crippen LogP contribution >= 0.6 is 12.4 Å². The Balaban J connectivity index is 0.00000220. The standard InChI is InChI=1S/C17H23NO2.ClH/c1-4-20-16(19)17(14-10-6-5-7-11-14)13-9-8-12-15(17)18(2)3;/h5-8,10-12,15H,4,9,13H2,1-3H3;1H/t15-,17-;/m0./s1. The number of esters is 1. The number of likely N-dealkylation sites (N-methyl/N-ethyl adjacent to an activating group) is 1. The summed E-state index contributed by atoms with van der Waals surface area (Å²) < 4.78 is 5.42. The molecule has 2 atom stereocenters. The lowest BCUT2D eigenvalue weighted by Crippen LogP contribution is -2.54. The minimum atomic E-state index is -0.602. The number of rotatable bonds is 4. The molecule has 0 fully saturated rings. The van der Waals surface area contributed by atoms with Gasteiger partial charge in [0.1, 0.15) is 5.41 Å². The van der Waals surface area contributed by atoms with E-state index in [0.29, 0.717) is 6.61 Å². The summed E-state index contributed by atoms with van der Waals surface area (Å²) in [6.45, 7) is 2.28. The van der Waals surface area contributed by atoms with Crippen molar-refractivity contribution < 1.29 is 9.53 Å². The molecule has 0 aliphatic heterocycles. The number of hydrogen-bond acceptors (Lipinski definition) is 3. The molecule has 0 spiro atoms. The third kappa shape index (κ3) is 3.30. The monoisotopic (exact) mass is 309 g/mol. The average molecular weight is 310 g/mol. The molecule has 0 amide bonds. The van der Waals surface area contributed by atoms with E-state index in [1.807, 2.05) is 51.4 Å². The lowest BCUT2D eigenvalue weighted by molar-refractivity contribution is -0.152. The average Bonchev–Trinajstić information content (AvgIpc) is 2.48. The van der Waals surface area contributed by atoms with Gasteiger partial charge in [0.05, 0.1) is 6.61 Å². The van der Waals surface area contributed by atoms with Crippen LogP contribution < -0.4 is 0 Å². The summed E-state index contributed by atoms with van der Waals surface area (Å²) in [6.07, 6.45) is 5.98. The van der Waals surface area contributed by atoms with Crippen molar-refractivity contribution in [1.82, 2.24) is 4.90 Å². The second-order valence-corrected chi connectivity index (χ2v) is 5.43. The lowest BCUT2D eigenvalue weighted by Gasteiger charge is -2.42. The molecule has 4 heteroatoms. The Morgan fingerprint density at radius 3 is 2.57 bits per heavy atom. The van der Waals surface area contributed by atoms with Gasteiger partial charge in [0.2, 0.25) is 0 Å². The molecule has 1 aromatic carbocycles. The van der Waals surface area contributed by atoms with Gasteiger partial charge < -0.3 is 9.64 Å². The summed E-state index contributed by atoms with van der Waals surface area (Å²) in [7, 11) is 4.02. The lowest BCUT2D eigenvalue weighted by atomic mass is 9.68. The van der Waals surface area contributed by atoms with Crippen molar-refractivity contribution in [2.45, 2.75) is 31.2 Å². The van der Waals surface area contributed by atoms with E-state index in [0.717, 1.165) is 18.4 Å². The molecule has 0 N–H and O–H groups in total. The molecule has 0 saturated heterocycles.